The number of nitrogens with zero attached hydrogens (tertiary/aromatic N) is 2. The van der Waals surface area contributed by atoms with Crippen LogP contribution in [0.3, 0.4) is 0 Å². The van der Waals surface area contributed by atoms with Gasteiger partial charge in [0.2, 0.25) is 0 Å². The molecule has 2 amide bonds. The molecule has 134 valence electrons. The highest BCUT2D eigenvalue weighted by molar-refractivity contribution is 5.90. The number of urea groups is 1. The first kappa shape index (κ1) is 17.1. The van der Waals surface area contributed by atoms with Gasteiger partial charge in [-0.2, -0.15) is 18.3 Å². The molecule has 2 fully saturated rings. The van der Waals surface area contributed by atoms with Crippen molar-refractivity contribution >= 4 is 11.7 Å². The van der Waals surface area contributed by atoms with Crippen LogP contribution in [0.15, 0.2) is 6.20 Å². The van der Waals surface area contributed by atoms with Crippen molar-refractivity contribution in [2.24, 2.45) is 7.05 Å². The SMILES string of the molecule is Cn1cc(NC(=O)NC2CCOC23CCCCC3)c(C(F)(F)F)n1. The lowest BCUT2D eigenvalue weighted by molar-refractivity contribution is -0.140. The molecular weight excluding hydrogens is 325 g/mol. The molecule has 1 aromatic heterocycles. The fraction of sp³-hybridized carbons (Fsp3) is 0.733. The molecule has 1 saturated carbocycles. The summed E-state index contributed by atoms with van der Waals surface area (Å²) in [5.74, 6) is 0. The number of nitrogens with one attached hydrogen (secondary N) is 2. The summed E-state index contributed by atoms with van der Waals surface area (Å²) in [5.41, 5.74) is -1.81. The molecule has 1 saturated heterocycles. The Morgan fingerprint density at radius 2 is 2.08 bits per heavy atom. The van der Waals surface area contributed by atoms with E-state index in [1.165, 1.54) is 7.05 Å². The number of aromatic nitrogens is 2. The summed E-state index contributed by atoms with van der Waals surface area (Å²) in [7, 11) is 1.38. The van der Waals surface area contributed by atoms with E-state index in [1.807, 2.05) is 0 Å². The van der Waals surface area contributed by atoms with Crippen molar-refractivity contribution in [3.05, 3.63) is 11.9 Å². The number of hydrogen-bond donors (Lipinski definition) is 2. The second-order valence-electron chi connectivity index (χ2n) is 6.48. The van der Waals surface area contributed by atoms with Crippen LogP contribution in [0.5, 0.6) is 0 Å². The van der Waals surface area contributed by atoms with Crippen LogP contribution >= 0.6 is 0 Å². The molecule has 1 spiro atoms. The molecule has 1 aromatic rings. The quantitative estimate of drug-likeness (QED) is 0.865. The third-order valence-electron chi connectivity index (χ3n) is 4.78. The minimum atomic E-state index is -4.62. The van der Waals surface area contributed by atoms with Gasteiger partial charge in [-0.15, -0.1) is 0 Å². The van der Waals surface area contributed by atoms with Gasteiger partial charge in [-0.25, -0.2) is 4.79 Å². The second kappa shape index (κ2) is 6.27. The summed E-state index contributed by atoms with van der Waals surface area (Å²) in [6.45, 7) is 0.561. The van der Waals surface area contributed by atoms with E-state index in [9.17, 15) is 18.0 Å². The largest absolute Gasteiger partial charge is 0.437 e. The molecule has 2 heterocycles. The molecule has 1 aliphatic carbocycles. The zero-order valence-electron chi connectivity index (χ0n) is 13.4. The van der Waals surface area contributed by atoms with Gasteiger partial charge in [0.15, 0.2) is 5.69 Å². The van der Waals surface area contributed by atoms with Gasteiger partial charge in [-0.1, -0.05) is 19.3 Å². The van der Waals surface area contributed by atoms with Crippen molar-refractivity contribution < 1.29 is 22.7 Å². The van der Waals surface area contributed by atoms with E-state index in [0.717, 1.165) is 43.0 Å². The Morgan fingerprint density at radius 1 is 1.38 bits per heavy atom. The van der Waals surface area contributed by atoms with Crippen molar-refractivity contribution in [1.29, 1.82) is 0 Å². The van der Waals surface area contributed by atoms with E-state index < -0.39 is 17.9 Å². The second-order valence-corrected chi connectivity index (χ2v) is 6.48. The number of anilines is 1. The maximum Gasteiger partial charge on any atom is 0.437 e. The zero-order valence-corrected chi connectivity index (χ0v) is 13.4. The van der Waals surface area contributed by atoms with Crippen LogP contribution in [0.25, 0.3) is 0 Å². The van der Waals surface area contributed by atoms with Gasteiger partial charge in [0, 0.05) is 19.9 Å². The highest BCUT2D eigenvalue weighted by Gasteiger charge is 2.45. The summed E-state index contributed by atoms with van der Waals surface area (Å²) in [5, 5.41) is 8.45. The minimum Gasteiger partial charge on any atom is -0.373 e. The Balaban J connectivity index is 1.68. The standard InChI is InChI=1S/C15H21F3N4O2/c1-22-9-10(12(21-22)15(16,17)18)19-13(23)20-11-5-8-24-14(11)6-3-2-4-7-14/h9,11H,2-8H2,1H3,(H2,19,20,23). The summed E-state index contributed by atoms with van der Waals surface area (Å²) in [6, 6.07) is -0.835. The Kier molecular flexibility index (Phi) is 4.46. The molecule has 0 radical (unpaired) electrons. The molecule has 6 nitrogen and oxygen atoms in total. The first-order valence-corrected chi connectivity index (χ1v) is 8.12. The third kappa shape index (κ3) is 3.35. The number of aryl methyl sites for hydroxylation is 1. The number of carbonyl (C=O) groups is 1. The van der Waals surface area contributed by atoms with Gasteiger partial charge in [-0.05, 0) is 19.3 Å². The van der Waals surface area contributed by atoms with E-state index in [1.54, 1.807) is 0 Å². The van der Waals surface area contributed by atoms with Gasteiger partial charge in [0.05, 0.1) is 17.3 Å². The number of carbonyl (C=O) groups excluding carboxylic acids is 1. The topological polar surface area (TPSA) is 68.2 Å². The molecule has 24 heavy (non-hydrogen) atoms. The van der Waals surface area contributed by atoms with Gasteiger partial charge in [-0.3, -0.25) is 4.68 Å². The lowest BCUT2D eigenvalue weighted by Gasteiger charge is -2.37. The first-order valence-electron chi connectivity index (χ1n) is 8.12. The maximum absolute atomic E-state index is 12.9. The molecule has 1 aliphatic heterocycles. The number of rotatable bonds is 2. The van der Waals surface area contributed by atoms with Crippen molar-refractivity contribution in [2.45, 2.75) is 56.3 Å². The summed E-state index contributed by atoms with van der Waals surface area (Å²) in [4.78, 5) is 12.2. The Morgan fingerprint density at radius 3 is 2.75 bits per heavy atom. The minimum absolute atomic E-state index is 0.177. The molecule has 1 unspecified atom stereocenters. The number of hydrogen-bond acceptors (Lipinski definition) is 3. The Bertz CT molecular complexity index is 608. The fourth-order valence-electron chi connectivity index (χ4n) is 3.70. The number of alkyl halides is 3. The lowest BCUT2D eigenvalue weighted by Crippen LogP contribution is -2.52. The highest BCUT2D eigenvalue weighted by Crippen LogP contribution is 2.39. The molecule has 0 aromatic carbocycles. The van der Waals surface area contributed by atoms with Crippen molar-refractivity contribution in [1.82, 2.24) is 15.1 Å². The van der Waals surface area contributed by atoms with Gasteiger partial charge >= 0.3 is 12.2 Å². The Labute approximate surface area is 137 Å². The van der Waals surface area contributed by atoms with Crippen LogP contribution in [-0.4, -0.2) is 34.1 Å². The highest BCUT2D eigenvalue weighted by atomic mass is 19.4. The van der Waals surface area contributed by atoms with E-state index in [0.29, 0.717) is 13.0 Å². The molecule has 3 rings (SSSR count). The number of halogens is 3. The molecule has 9 heteroatoms. The zero-order chi connectivity index (χ0) is 17.4. The predicted molar refractivity (Wildman–Crippen MR) is 80.5 cm³/mol. The summed E-state index contributed by atoms with van der Waals surface area (Å²) in [6.07, 6.45) is 2.18. The van der Waals surface area contributed by atoms with Gasteiger partial charge in [0.1, 0.15) is 0 Å². The van der Waals surface area contributed by atoms with Crippen LogP contribution < -0.4 is 10.6 Å². The third-order valence-corrected chi connectivity index (χ3v) is 4.78. The fourth-order valence-corrected chi connectivity index (χ4v) is 3.70. The van der Waals surface area contributed by atoms with Crippen LogP contribution in [-0.2, 0) is 18.0 Å². The normalized spacial score (nSPS) is 23.4. The first-order chi connectivity index (χ1) is 11.3. The molecule has 2 N–H and O–H groups in total. The Hall–Kier alpha value is -1.77. The summed E-state index contributed by atoms with van der Waals surface area (Å²) >= 11 is 0. The maximum atomic E-state index is 12.9. The van der Waals surface area contributed by atoms with Gasteiger partial charge < -0.3 is 15.4 Å². The molecular formula is C15H21F3N4O2. The average Bonchev–Trinajstić information content (AvgIpc) is 3.04. The summed E-state index contributed by atoms with van der Waals surface area (Å²) < 4.78 is 45.7. The predicted octanol–water partition coefficient (Wildman–Crippen LogP) is 3.05. The van der Waals surface area contributed by atoms with E-state index in [4.69, 9.17) is 4.74 Å². The van der Waals surface area contributed by atoms with Crippen LogP contribution in [0.1, 0.15) is 44.2 Å². The van der Waals surface area contributed by atoms with Gasteiger partial charge in [0.25, 0.3) is 0 Å². The van der Waals surface area contributed by atoms with E-state index in [2.05, 4.69) is 15.7 Å². The molecule has 1 atom stereocenters. The van der Waals surface area contributed by atoms with E-state index in [-0.39, 0.29) is 17.3 Å². The van der Waals surface area contributed by atoms with Crippen molar-refractivity contribution in [2.75, 3.05) is 11.9 Å². The van der Waals surface area contributed by atoms with E-state index >= 15 is 0 Å². The number of amides is 2. The lowest BCUT2D eigenvalue weighted by atomic mass is 9.80. The smallest absolute Gasteiger partial charge is 0.373 e. The van der Waals surface area contributed by atoms with Crippen LogP contribution in [0.2, 0.25) is 0 Å². The monoisotopic (exact) mass is 346 g/mol. The van der Waals surface area contributed by atoms with Crippen LogP contribution in [0, 0.1) is 0 Å². The molecule has 2 aliphatic rings. The number of ether oxygens (including phenoxy) is 1. The van der Waals surface area contributed by atoms with Crippen molar-refractivity contribution in [3.8, 4) is 0 Å². The molecule has 0 bridgehead atoms. The average molecular weight is 346 g/mol. The van der Waals surface area contributed by atoms with Crippen LogP contribution in [0.4, 0.5) is 23.7 Å². The van der Waals surface area contributed by atoms with Crippen molar-refractivity contribution in [3.63, 3.8) is 0 Å².